The second-order valence-corrected chi connectivity index (χ2v) is 11.2. The number of para-hydroxylation sites is 1. The monoisotopic (exact) mass is 682 g/mol. The van der Waals surface area contributed by atoms with Crippen molar-refractivity contribution in [3.8, 4) is 34.1 Å². The van der Waals surface area contributed by atoms with Crippen molar-refractivity contribution in [3.05, 3.63) is 121 Å². The molecule has 0 aliphatic heterocycles. The fraction of sp³-hybridized carbons (Fsp3) is 0.135. The van der Waals surface area contributed by atoms with Gasteiger partial charge in [0.1, 0.15) is 11.6 Å². The number of nitrogens with zero attached hydrogens (tertiary/aromatic N) is 6. The topological polar surface area (TPSA) is 51.4 Å². The van der Waals surface area contributed by atoms with E-state index in [9.17, 15) is 0 Å². The molecule has 226 valence electrons. The van der Waals surface area contributed by atoms with E-state index in [4.69, 9.17) is 9.84 Å². The van der Waals surface area contributed by atoms with Crippen LogP contribution in [0, 0.1) is 19.1 Å². The number of pyridine rings is 1. The first-order valence-electron chi connectivity index (χ1n) is 14.5. The van der Waals surface area contributed by atoms with Gasteiger partial charge in [-0.3, -0.25) is 0 Å². The molecular formula is C37H32N6OPd. The zero-order valence-corrected chi connectivity index (χ0v) is 27.3. The zero-order valence-electron chi connectivity index (χ0n) is 25.7. The molecule has 0 radical (unpaired) electrons. The van der Waals surface area contributed by atoms with E-state index in [1.54, 1.807) is 0 Å². The number of rotatable bonds is 7. The Bertz CT molecular complexity index is 2130. The van der Waals surface area contributed by atoms with Crippen LogP contribution in [0.5, 0.6) is 11.5 Å². The van der Waals surface area contributed by atoms with Gasteiger partial charge < -0.3 is 19.1 Å². The minimum Gasteiger partial charge on any atom is -0.509 e. The van der Waals surface area contributed by atoms with E-state index in [1.807, 2.05) is 98.6 Å². The maximum absolute atomic E-state index is 6.42. The van der Waals surface area contributed by atoms with Gasteiger partial charge in [0.15, 0.2) is 5.82 Å². The second kappa shape index (κ2) is 12.2. The molecule has 3 heterocycles. The predicted octanol–water partition coefficient (Wildman–Crippen LogP) is 7.86. The van der Waals surface area contributed by atoms with Gasteiger partial charge in [0.05, 0.1) is 5.56 Å². The average Bonchev–Trinajstić information content (AvgIpc) is 3.59. The van der Waals surface area contributed by atoms with Gasteiger partial charge in [-0.25, -0.2) is 9.67 Å². The summed E-state index contributed by atoms with van der Waals surface area (Å²) in [6, 6.07) is 39.7. The molecule has 7 aromatic rings. The van der Waals surface area contributed by atoms with Crippen molar-refractivity contribution in [3.63, 3.8) is 0 Å². The normalized spacial score (nSPS) is 11.0. The summed E-state index contributed by atoms with van der Waals surface area (Å²) in [4.78, 5) is 8.81. The molecule has 0 saturated heterocycles. The van der Waals surface area contributed by atoms with Gasteiger partial charge in [0.25, 0.3) is 0 Å². The zero-order chi connectivity index (χ0) is 30.4. The molecule has 0 aliphatic carbocycles. The Morgan fingerprint density at radius 3 is 2.24 bits per heavy atom. The van der Waals surface area contributed by atoms with E-state index in [0.29, 0.717) is 11.5 Å². The second-order valence-electron chi connectivity index (χ2n) is 11.2. The molecule has 45 heavy (non-hydrogen) atoms. The Morgan fingerprint density at radius 1 is 0.733 bits per heavy atom. The van der Waals surface area contributed by atoms with Crippen molar-refractivity contribution in [1.29, 1.82) is 0 Å². The number of hydrogen-bond acceptors (Lipinski definition) is 5. The molecule has 0 aliphatic rings. The van der Waals surface area contributed by atoms with Gasteiger partial charge in [-0.2, -0.15) is 12.1 Å². The van der Waals surface area contributed by atoms with E-state index in [-0.39, 0.29) is 20.4 Å². The molecule has 0 N–H and O–H groups in total. The van der Waals surface area contributed by atoms with Crippen molar-refractivity contribution in [2.45, 2.75) is 6.92 Å². The number of aryl methyl sites for hydroxylation is 1. The van der Waals surface area contributed by atoms with Gasteiger partial charge in [-0.15, -0.1) is 40.8 Å². The minimum atomic E-state index is 0. The smallest absolute Gasteiger partial charge is 0.509 e. The van der Waals surface area contributed by atoms with Gasteiger partial charge in [-0.1, -0.05) is 54.0 Å². The first-order chi connectivity index (χ1) is 21.4. The number of fused-ring (bicyclic) bond motifs is 3. The Labute approximate surface area is 277 Å². The molecule has 0 unspecified atom stereocenters. The van der Waals surface area contributed by atoms with Crippen molar-refractivity contribution >= 4 is 33.4 Å². The molecule has 4 aromatic carbocycles. The van der Waals surface area contributed by atoms with E-state index in [0.717, 1.165) is 61.6 Å². The van der Waals surface area contributed by atoms with E-state index in [1.165, 1.54) is 0 Å². The summed E-state index contributed by atoms with van der Waals surface area (Å²) in [7, 11) is 8.09. The maximum Gasteiger partial charge on any atom is 2.00 e. The summed E-state index contributed by atoms with van der Waals surface area (Å²) in [5.41, 5.74) is 6.04. The standard InChI is InChI=1S/C37H32N6O.Pd/c1-25-20-21-38-34(22-25)42-32-17-10-9-16-30(32)31-19-18-29(24-33(31)42)44-28-15-11-14-27(23-28)43-37(41(4)5)35(36(39-43)40(2)3)26-12-7-6-8-13-26;/h6-22H,1-5H3;/q-2;+2. The minimum absolute atomic E-state index is 0. The maximum atomic E-state index is 6.42. The third-order valence-corrected chi connectivity index (χ3v) is 7.64. The van der Waals surface area contributed by atoms with Crippen LogP contribution in [-0.4, -0.2) is 47.5 Å². The summed E-state index contributed by atoms with van der Waals surface area (Å²) in [6.45, 7) is 2.08. The van der Waals surface area contributed by atoms with Gasteiger partial charge in [-0.05, 0) is 47.3 Å². The van der Waals surface area contributed by atoms with E-state index < -0.39 is 0 Å². The fourth-order valence-corrected chi connectivity index (χ4v) is 5.71. The van der Waals surface area contributed by atoms with Crippen LogP contribution in [-0.2, 0) is 20.4 Å². The first kappa shape index (κ1) is 30.1. The third kappa shape index (κ3) is 5.48. The van der Waals surface area contributed by atoms with Crippen LogP contribution in [0.15, 0.2) is 103 Å². The van der Waals surface area contributed by atoms with Gasteiger partial charge >= 0.3 is 20.4 Å². The molecule has 0 saturated carbocycles. The van der Waals surface area contributed by atoms with Crippen LogP contribution >= 0.6 is 0 Å². The van der Waals surface area contributed by atoms with Crippen LogP contribution in [0.3, 0.4) is 0 Å². The number of ether oxygens (including phenoxy) is 1. The number of anilines is 2. The predicted molar refractivity (Wildman–Crippen MR) is 179 cm³/mol. The van der Waals surface area contributed by atoms with Crippen LogP contribution in [0.4, 0.5) is 11.6 Å². The largest absolute Gasteiger partial charge is 2.00 e. The molecule has 8 heteroatoms. The summed E-state index contributed by atoms with van der Waals surface area (Å²) in [5, 5.41) is 7.27. The van der Waals surface area contributed by atoms with Crippen LogP contribution < -0.4 is 14.5 Å². The molecule has 7 nitrogen and oxygen atoms in total. The van der Waals surface area contributed by atoms with E-state index in [2.05, 4.69) is 76.0 Å². The van der Waals surface area contributed by atoms with Crippen molar-refractivity contribution < 1.29 is 25.2 Å². The third-order valence-electron chi connectivity index (χ3n) is 7.64. The van der Waals surface area contributed by atoms with Gasteiger partial charge in [0, 0.05) is 51.4 Å². The SMILES string of the molecule is Cc1ccnc(-n2c3[c-]c(Oc4[c-]c(-n5nc(N(C)C)c(-c6ccccc6)c5N(C)C)ccc4)ccc3c3ccccc32)c1.[Pd+2]. The molecule has 0 bridgehead atoms. The molecular weight excluding hydrogens is 651 g/mol. The molecule has 0 amide bonds. The Hall–Kier alpha value is -4.90. The van der Waals surface area contributed by atoms with Gasteiger partial charge in [0.2, 0.25) is 0 Å². The summed E-state index contributed by atoms with van der Waals surface area (Å²) >= 11 is 0. The Balaban J connectivity index is 0.00000357. The van der Waals surface area contributed by atoms with E-state index >= 15 is 0 Å². The van der Waals surface area contributed by atoms with Crippen molar-refractivity contribution in [2.75, 3.05) is 38.0 Å². The summed E-state index contributed by atoms with van der Waals surface area (Å²) < 4.78 is 10.5. The van der Waals surface area contributed by atoms with Crippen LogP contribution in [0.2, 0.25) is 0 Å². The number of benzene rings is 4. The number of aromatic nitrogens is 4. The first-order valence-corrected chi connectivity index (χ1v) is 14.5. The van der Waals surface area contributed by atoms with Crippen LogP contribution in [0.1, 0.15) is 5.56 Å². The fourth-order valence-electron chi connectivity index (χ4n) is 5.71. The van der Waals surface area contributed by atoms with Crippen molar-refractivity contribution in [2.24, 2.45) is 0 Å². The average molecular weight is 683 g/mol. The Kier molecular flexibility index (Phi) is 8.20. The van der Waals surface area contributed by atoms with Crippen molar-refractivity contribution in [1.82, 2.24) is 19.3 Å². The summed E-state index contributed by atoms with van der Waals surface area (Å²) in [6.07, 6.45) is 1.84. The molecule has 3 aromatic heterocycles. The van der Waals surface area contributed by atoms with Crippen LogP contribution in [0.25, 0.3) is 44.4 Å². The number of hydrogen-bond donors (Lipinski definition) is 0. The molecule has 0 atom stereocenters. The summed E-state index contributed by atoms with van der Waals surface area (Å²) in [5.74, 6) is 3.84. The molecule has 0 fully saturated rings. The molecule has 7 rings (SSSR count). The molecule has 0 spiro atoms. The Morgan fingerprint density at radius 2 is 1.49 bits per heavy atom. The quantitative estimate of drug-likeness (QED) is 0.127.